The number of hydrogen-bond acceptors (Lipinski definition) is 4. The van der Waals surface area contributed by atoms with Crippen molar-refractivity contribution in [3.05, 3.63) is 124 Å². The first-order valence-electron chi connectivity index (χ1n) is 14.9. The van der Waals surface area contributed by atoms with Gasteiger partial charge in [-0.15, -0.1) is 0 Å². The minimum Gasteiger partial charge on any atom is -0.492 e. The van der Waals surface area contributed by atoms with Crippen LogP contribution in [0.3, 0.4) is 0 Å². The smallest absolute Gasteiger partial charge is 0.333 e. The third-order valence-corrected chi connectivity index (χ3v) is 8.31. The Morgan fingerprint density at radius 2 is 1.55 bits per heavy atom. The predicted molar refractivity (Wildman–Crippen MR) is 168 cm³/mol. The molecule has 4 aromatic carbocycles. The van der Waals surface area contributed by atoms with Crippen LogP contribution >= 0.6 is 0 Å². The number of rotatable bonds is 12. The van der Waals surface area contributed by atoms with Crippen LogP contribution in [-0.4, -0.2) is 49.4 Å². The number of methoxy groups -OCH3 is 1. The first-order chi connectivity index (χ1) is 20.5. The van der Waals surface area contributed by atoms with Gasteiger partial charge in [-0.3, -0.25) is 4.90 Å². The summed E-state index contributed by atoms with van der Waals surface area (Å²) in [5, 5.41) is 9.25. The van der Waals surface area contributed by atoms with Gasteiger partial charge in [0.05, 0.1) is 6.04 Å². The summed E-state index contributed by atoms with van der Waals surface area (Å²) in [5.74, 6) is -0.185. The van der Waals surface area contributed by atoms with Crippen molar-refractivity contribution in [2.75, 3.05) is 27.3 Å². The summed E-state index contributed by atoms with van der Waals surface area (Å²) in [6.07, 6.45) is 3.79. The standard InChI is InChI=1S/C37H41NO4/c1-4-8-26-13-19-33-30(23-26)14-15-31-25-29(28-9-6-5-7-10-28)16-20-34(31)36(33)38(2)21-22-42-32-17-11-27(12-18-32)24-35(41-3)37(39)40/h5-7,9-13,16-20,23,25,35-36H,4,8,14-15,21-22,24H2,1-3H3,(H,39,40). The Kier molecular flexibility index (Phi) is 9.73. The van der Waals surface area contributed by atoms with Crippen molar-refractivity contribution < 1.29 is 19.4 Å². The fourth-order valence-electron chi connectivity index (χ4n) is 6.04. The Morgan fingerprint density at radius 1 is 0.881 bits per heavy atom. The molecule has 0 aliphatic heterocycles. The van der Waals surface area contributed by atoms with E-state index in [9.17, 15) is 9.90 Å². The number of ether oxygens (including phenoxy) is 2. The first kappa shape index (κ1) is 29.6. The molecule has 1 aliphatic rings. The fourth-order valence-corrected chi connectivity index (χ4v) is 6.04. The van der Waals surface area contributed by atoms with Gasteiger partial charge in [-0.2, -0.15) is 0 Å². The zero-order chi connectivity index (χ0) is 29.5. The number of hydrogen-bond donors (Lipinski definition) is 1. The summed E-state index contributed by atoms with van der Waals surface area (Å²) in [6, 6.07) is 32.5. The highest BCUT2D eigenvalue weighted by Crippen LogP contribution is 2.38. The summed E-state index contributed by atoms with van der Waals surface area (Å²) in [7, 11) is 3.61. The van der Waals surface area contributed by atoms with E-state index in [2.05, 4.69) is 85.6 Å². The van der Waals surface area contributed by atoms with Crippen molar-refractivity contribution in [1.82, 2.24) is 4.90 Å². The van der Waals surface area contributed by atoms with E-state index in [1.165, 1.54) is 46.1 Å². The van der Waals surface area contributed by atoms with Crippen LogP contribution in [0.15, 0.2) is 91.0 Å². The van der Waals surface area contributed by atoms with Gasteiger partial charge in [0, 0.05) is 20.1 Å². The number of aliphatic carboxylic acids is 1. The molecule has 1 N–H and O–H groups in total. The number of fused-ring (bicyclic) bond motifs is 2. The van der Waals surface area contributed by atoms with Gasteiger partial charge in [0.2, 0.25) is 0 Å². The van der Waals surface area contributed by atoms with Crippen LogP contribution in [0.2, 0.25) is 0 Å². The Bertz CT molecular complexity index is 1480. The fraction of sp³-hybridized carbons (Fsp3) is 0.324. The van der Waals surface area contributed by atoms with Gasteiger partial charge in [0.25, 0.3) is 0 Å². The van der Waals surface area contributed by atoms with Crippen molar-refractivity contribution in [2.24, 2.45) is 0 Å². The first-order valence-corrected chi connectivity index (χ1v) is 14.9. The highest BCUT2D eigenvalue weighted by atomic mass is 16.5. The number of benzene rings is 4. The number of carboxylic acids is 1. The number of nitrogens with zero attached hydrogens (tertiary/aromatic N) is 1. The maximum atomic E-state index is 11.3. The lowest BCUT2D eigenvalue weighted by Gasteiger charge is -2.31. The Morgan fingerprint density at radius 3 is 2.21 bits per heavy atom. The summed E-state index contributed by atoms with van der Waals surface area (Å²) in [5.41, 5.74) is 10.4. The number of carboxylic acid groups (broad SMARTS) is 1. The van der Waals surface area contributed by atoms with E-state index >= 15 is 0 Å². The molecular weight excluding hydrogens is 522 g/mol. The van der Waals surface area contributed by atoms with Crippen molar-refractivity contribution in [1.29, 1.82) is 0 Å². The molecule has 0 saturated heterocycles. The number of likely N-dealkylation sites (N-methyl/N-ethyl adjacent to an activating group) is 1. The molecule has 0 radical (unpaired) electrons. The van der Waals surface area contributed by atoms with Crippen molar-refractivity contribution in [3.63, 3.8) is 0 Å². The van der Waals surface area contributed by atoms with E-state index in [4.69, 9.17) is 9.47 Å². The molecule has 2 unspecified atom stereocenters. The molecule has 0 saturated carbocycles. The molecular formula is C37H41NO4. The average Bonchev–Trinajstić information content (AvgIpc) is 3.17. The van der Waals surface area contributed by atoms with Crippen LogP contribution in [0.5, 0.6) is 5.75 Å². The van der Waals surface area contributed by atoms with Gasteiger partial charge in [0.15, 0.2) is 6.10 Å². The Labute approximate surface area is 249 Å². The lowest BCUT2D eigenvalue weighted by Crippen LogP contribution is -2.30. The minimum atomic E-state index is -0.958. The Balaban J connectivity index is 1.35. The van der Waals surface area contributed by atoms with E-state index in [-0.39, 0.29) is 6.04 Å². The third kappa shape index (κ3) is 6.92. The number of aryl methyl sites for hydroxylation is 3. The van der Waals surface area contributed by atoms with Crippen molar-refractivity contribution in [3.8, 4) is 16.9 Å². The summed E-state index contributed by atoms with van der Waals surface area (Å²) >= 11 is 0. The second kappa shape index (κ2) is 13.8. The van der Waals surface area contributed by atoms with Crippen LogP contribution < -0.4 is 4.74 Å². The van der Waals surface area contributed by atoms with E-state index in [0.717, 1.165) is 43.5 Å². The van der Waals surface area contributed by atoms with Gasteiger partial charge in [0.1, 0.15) is 12.4 Å². The summed E-state index contributed by atoms with van der Waals surface area (Å²) in [6.45, 7) is 3.54. The molecule has 0 bridgehead atoms. The molecule has 42 heavy (non-hydrogen) atoms. The maximum absolute atomic E-state index is 11.3. The number of carbonyl (C=O) groups is 1. The second-order valence-corrected chi connectivity index (χ2v) is 11.2. The van der Waals surface area contributed by atoms with Gasteiger partial charge < -0.3 is 14.6 Å². The minimum absolute atomic E-state index is 0.144. The zero-order valence-corrected chi connectivity index (χ0v) is 24.9. The molecule has 218 valence electrons. The van der Waals surface area contributed by atoms with Crippen molar-refractivity contribution in [2.45, 2.75) is 51.2 Å². The molecule has 0 spiro atoms. The Hall–Kier alpha value is -3.93. The zero-order valence-electron chi connectivity index (χ0n) is 24.9. The van der Waals surface area contributed by atoms with Crippen LogP contribution in [0.4, 0.5) is 0 Å². The normalized spacial score (nSPS) is 15.0. The van der Waals surface area contributed by atoms with Crippen molar-refractivity contribution >= 4 is 5.97 Å². The van der Waals surface area contributed by atoms with E-state index < -0.39 is 12.1 Å². The highest BCUT2D eigenvalue weighted by Gasteiger charge is 2.27. The van der Waals surface area contributed by atoms with Gasteiger partial charge in [-0.1, -0.05) is 92.2 Å². The van der Waals surface area contributed by atoms with Crippen LogP contribution in [-0.2, 0) is 35.2 Å². The second-order valence-electron chi connectivity index (χ2n) is 11.2. The lowest BCUT2D eigenvalue weighted by atomic mass is 9.90. The average molecular weight is 564 g/mol. The highest BCUT2D eigenvalue weighted by molar-refractivity contribution is 5.72. The molecule has 0 fully saturated rings. The molecule has 5 heteroatoms. The molecule has 1 aliphatic carbocycles. The molecule has 2 atom stereocenters. The molecule has 5 rings (SSSR count). The van der Waals surface area contributed by atoms with Crippen LogP contribution in [0.1, 0.15) is 52.8 Å². The largest absolute Gasteiger partial charge is 0.492 e. The summed E-state index contributed by atoms with van der Waals surface area (Å²) in [4.78, 5) is 13.7. The van der Waals surface area contributed by atoms with Gasteiger partial charge in [-0.25, -0.2) is 4.79 Å². The SMILES string of the molecule is CCCc1ccc2c(c1)CCc1cc(-c3ccccc3)ccc1C2N(C)CCOc1ccc(CC(OC)C(=O)O)cc1. The molecule has 0 aromatic heterocycles. The van der Waals surface area contributed by atoms with Gasteiger partial charge in [-0.05, 0) is 83.0 Å². The summed E-state index contributed by atoms with van der Waals surface area (Å²) < 4.78 is 11.2. The monoisotopic (exact) mass is 563 g/mol. The van der Waals surface area contributed by atoms with Crippen LogP contribution in [0, 0.1) is 0 Å². The molecule has 5 nitrogen and oxygen atoms in total. The third-order valence-electron chi connectivity index (χ3n) is 8.31. The topological polar surface area (TPSA) is 59.0 Å². The lowest BCUT2D eigenvalue weighted by molar-refractivity contribution is -0.148. The molecule has 0 heterocycles. The van der Waals surface area contributed by atoms with E-state index in [0.29, 0.717) is 13.0 Å². The predicted octanol–water partition coefficient (Wildman–Crippen LogP) is 7.15. The maximum Gasteiger partial charge on any atom is 0.333 e. The van der Waals surface area contributed by atoms with E-state index in [1.54, 1.807) is 0 Å². The van der Waals surface area contributed by atoms with E-state index in [1.807, 2.05) is 24.3 Å². The molecule has 0 amide bonds. The quantitative estimate of drug-likeness (QED) is 0.198. The van der Waals surface area contributed by atoms with Crippen LogP contribution in [0.25, 0.3) is 11.1 Å². The molecule has 4 aromatic rings. The van der Waals surface area contributed by atoms with Gasteiger partial charge >= 0.3 is 5.97 Å².